The van der Waals surface area contributed by atoms with E-state index in [0.29, 0.717) is 6.41 Å². The number of nitrogens with one attached hydrogen (secondary N) is 4. The Balaban J connectivity index is 0.000000246. The van der Waals surface area contributed by atoms with Crippen LogP contribution in [0.25, 0.3) is 45.3 Å². The van der Waals surface area contributed by atoms with Crippen molar-refractivity contribution in [2.24, 2.45) is 0 Å². The molecule has 226 valence electrons. The largest absolute Gasteiger partial charge is 0.469 e. The molecule has 0 saturated heterocycles. The first-order valence-electron chi connectivity index (χ1n) is 14.0. The highest BCUT2D eigenvalue weighted by molar-refractivity contribution is 9.10. The minimum Gasteiger partial charge on any atom is -0.469 e. The van der Waals surface area contributed by atoms with Crippen LogP contribution in [0.4, 0.5) is 0 Å². The molecule has 0 aliphatic heterocycles. The van der Waals surface area contributed by atoms with Crippen LogP contribution in [0.2, 0.25) is 0 Å². The van der Waals surface area contributed by atoms with Gasteiger partial charge in [0, 0.05) is 51.4 Å². The molecule has 0 saturated carbocycles. The van der Waals surface area contributed by atoms with Gasteiger partial charge in [0.05, 0.1) is 18.5 Å². The number of halogens is 1. The number of allylic oxidation sites excluding steroid dienone is 1. The summed E-state index contributed by atoms with van der Waals surface area (Å²) >= 11 is 3.53. The van der Waals surface area contributed by atoms with Crippen LogP contribution in [0, 0.1) is 13.8 Å². The molecule has 2 aromatic carbocycles. The van der Waals surface area contributed by atoms with Crippen LogP contribution in [0.5, 0.6) is 0 Å². The van der Waals surface area contributed by atoms with Crippen LogP contribution in [-0.2, 0) is 14.3 Å². The number of rotatable bonds is 6. The van der Waals surface area contributed by atoms with E-state index in [1.165, 1.54) is 47.0 Å². The SMILES string of the molecule is C=Cc1c[nH+]ccc1/C=C\C.CCCNC=O.COC(C)=O.Cc1ccc2[nH]c(-c3[nH]c4cc(Br)ccc4c3C)cc2c1. The minimum absolute atomic E-state index is 0.245. The highest BCUT2D eigenvalue weighted by atomic mass is 79.9. The summed E-state index contributed by atoms with van der Waals surface area (Å²) in [4.78, 5) is 29.1. The van der Waals surface area contributed by atoms with Gasteiger partial charge >= 0.3 is 5.97 Å². The summed E-state index contributed by atoms with van der Waals surface area (Å²) in [5.41, 5.74) is 9.52. The summed E-state index contributed by atoms with van der Waals surface area (Å²) in [6, 6.07) is 17.1. The van der Waals surface area contributed by atoms with E-state index in [9.17, 15) is 9.59 Å². The second-order valence-electron chi connectivity index (χ2n) is 9.62. The number of aryl methyl sites for hydroxylation is 2. The molecule has 0 bridgehead atoms. The van der Waals surface area contributed by atoms with Crippen molar-refractivity contribution in [3.05, 3.63) is 100 Å². The predicted molar refractivity (Wildman–Crippen MR) is 183 cm³/mol. The fraction of sp³-hybridized carbons (Fsp3) is 0.229. The topological polar surface area (TPSA) is 101 Å². The molecule has 0 atom stereocenters. The number of amides is 1. The average molecular weight is 647 g/mol. The van der Waals surface area contributed by atoms with Crippen LogP contribution >= 0.6 is 15.9 Å². The Labute approximate surface area is 262 Å². The van der Waals surface area contributed by atoms with Crippen LogP contribution in [0.15, 0.2) is 78.1 Å². The lowest BCUT2D eigenvalue weighted by Crippen LogP contribution is -2.10. The Hall–Kier alpha value is -4.43. The van der Waals surface area contributed by atoms with Crippen molar-refractivity contribution >= 4 is 62.3 Å². The molecule has 4 N–H and O–H groups in total. The molecule has 0 aliphatic carbocycles. The van der Waals surface area contributed by atoms with Crippen molar-refractivity contribution in [3.63, 3.8) is 0 Å². The number of carbonyl (C=O) groups is 2. The quantitative estimate of drug-likeness (QED) is 0.0985. The lowest BCUT2D eigenvalue weighted by Gasteiger charge is -1.95. The van der Waals surface area contributed by atoms with E-state index in [-0.39, 0.29) is 5.97 Å². The molecule has 0 spiro atoms. The smallest absolute Gasteiger partial charge is 0.302 e. The molecule has 5 aromatic rings. The summed E-state index contributed by atoms with van der Waals surface area (Å²) in [5.74, 6) is -0.245. The van der Waals surface area contributed by atoms with E-state index >= 15 is 0 Å². The van der Waals surface area contributed by atoms with Crippen molar-refractivity contribution in [2.45, 2.75) is 41.0 Å². The van der Waals surface area contributed by atoms with Crippen LogP contribution in [-0.4, -0.2) is 36.0 Å². The van der Waals surface area contributed by atoms with Gasteiger partial charge < -0.3 is 20.0 Å². The Kier molecular flexibility index (Phi) is 14.7. The molecular weight excluding hydrogens is 604 g/mol. The van der Waals surface area contributed by atoms with Crippen molar-refractivity contribution in [1.29, 1.82) is 0 Å². The maximum absolute atomic E-state index is 9.59. The number of ether oxygens (including phenoxy) is 1. The number of esters is 1. The van der Waals surface area contributed by atoms with Gasteiger partial charge in [0.1, 0.15) is 0 Å². The summed E-state index contributed by atoms with van der Waals surface area (Å²) in [5, 5.41) is 5.04. The second-order valence-corrected chi connectivity index (χ2v) is 10.5. The number of hydrogen-bond donors (Lipinski definition) is 3. The molecule has 0 fully saturated rings. The van der Waals surface area contributed by atoms with E-state index < -0.39 is 0 Å². The predicted octanol–water partition coefficient (Wildman–Crippen LogP) is 8.19. The van der Waals surface area contributed by atoms with Crippen molar-refractivity contribution in [2.75, 3.05) is 13.7 Å². The number of carbonyl (C=O) groups excluding carboxylic acids is 2. The molecule has 0 aliphatic rings. The second kappa shape index (κ2) is 18.2. The Morgan fingerprint density at radius 1 is 1.07 bits per heavy atom. The zero-order chi connectivity index (χ0) is 31.8. The Morgan fingerprint density at radius 2 is 1.81 bits per heavy atom. The van der Waals surface area contributed by atoms with Gasteiger partial charge in [-0.15, -0.1) is 0 Å². The van der Waals surface area contributed by atoms with Crippen molar-refractivity contribution < 1.29 is 19.3 Å². The standard InChI is InChI=1S/C18H15BrN2.C10H11N.C4H9NO.C3H6O2/c1-10-3-6-15-12(7-10)8-17(20-15)18-11(2)14-5-4-13(19)9-16(14)21-18;1-3-5-10-6-7-11-8-9(10)4-2;1-2-3-5-4-6;1-3(4)5-2/h3-9,20-21H,1-2H3;3-8H,2H2,1H3;4H,2-3H2,1H3,(H,5,6);1-2H3/p+1/b;5-3-;;. The molecule has 3 heterocycles. The number of aromatic nitrogens is 3. The zero-order valence-corrected chi connectivity index (χ0v) is 27.4. The molecular formula is C35H42BrN4O3+. The van der Waals surface area contributed by atoms with Crippen LogP contribution in [0.3, 0.4) is 0 Å². The highest BCUT2D eigenvalue weighted by Crippen LogP contribution is 2.32. The maximum atomic E-state index is 9.59. The lowest BCUT2D eigenvalue weighted by molar-refractivity contribution is -0.378. The number of fused-ring (bicyclic) bond motifs is 2. The average Bonchev–Trinajstić information content (AvgIpc) is 3.57. The van der Waals surface area contributed by atoms with Gasteiger partial charge in [-0.05, 0) is 68.7 Å². The zero-order valence-electron chi connectivity index (χ0n) is 25.8. The third kappa shape index (κ3) is 10.7. The summed E-state index contributed by atoms with van der Waals surface area (Å²) < 4.78 is 5.20. The first-order valence-corrected chi connectivity index (χ1v) is 14.8. The normalized spacial score (nSPS) is 10.1. The van der Waals surface area contributed by atoms with Gasteiger partial charge in [-0.3, -0.25) is 9.59 Å². The van der Waals surface area contributed by atoms with E-state index in [1.54, 1.807) is 0 Å². The number of aromatic amines is 3. The van der Waals surface area contributed by atoms with E-state index in [4.69, 9.17) is 0 Å². The van der Waals surface area contributed by atoms with Crippen LogP contribution in [0.1, 0.15) is 49.4 Å². The number of H-pyrrole nitrogens is 3. The van der Waals surface area contributed by atoms with Gasteiger partial charge in [0.2, 0.25) is 6.41 Å². The van der Waals surface area contributed by atoms with Gasteiger partial charge in [0.15, 0.2) is 12.4 Å². The number of benzene rings is 2. The van der Waals surface area contributed by atoms with Gasteiger partial charge in [-0.25, -0.2) is 4.98 Å². The van der Waals surface area contributed by atoms with Crippen LogP contribution < -0.4 is 10.3 Å². The van der Waals surface area contributed by atoms with Gasteiger partial charge in [-0.2, -0.15) is 0 Å². The molecule has 0 unspecified atom stereocenters. The number of hydrogen-bond acceptors (Lipinski definition) is 3. The van der Waals surface area contributed by atoms with Gasteiger partial charge in [0.25, 0.3) is 0 Å². The molecule has 5 rings (SSSR count). The molecule has 8 heteroatoms. The minimum atomic E-state index is -0.245. The third-order valence-corrected chi connectivity index (χ3v) is 6.82. The summed E-state index contributed by atoms with van der Waals surface area (Å²) in [6.45, 7) is 14.2. The van der Waals surface area contributed by atoms with E-state index in [0.717, 1.165) is 39.9 Å². The maximum Gasteiger partial charge on any atom is 0.302 e. The number of pyridine rings is 1. The first-order chi connectivity index (χ1) is 20.7. The lowest BCUT2D eigenvalue weighted by atomic mass is 10.1. The molecule has 43 heavy (non-hydrogen) atoms. The summed E-state index contributed by atoms with van der Waals surface area (Å²) in [6.07, 6.45) is 11.5. The van der Waals surface area contributed by atoms with E-state index in [2.05, 4.69) is 110 Å². The Bertz CT molecular complexity index is 1670. The third-order valence-electron chi connectivity index (χ3n) is 6.33. The van der Waals surface area contributed by atoms with Gasteiger partial charge in [-0.1, -0.05) is 65.4 Å². The molecule has 7 nitrogen and oxygen atoms in total. The van der Waals surface area contributed by atoms with Crippen molar-refractivity contribution in [1.82, 2.24) is 15.3 Å². The molecule has 0 radical (unpaired) electrons. The monoisotopic (exact) mass is 645 g/mol. The highest BCUT2D eigenvalue weighted by Gasteiger charge is 2.12. The van der Waals surface area contributed by atoms with Crippen molar-refractivity contribution in [3.8, 4) is 11.4 Å². The number of methoxy groups -OCH3 is 1. The molecule has 1 amide bonds. The van der Waals surface area contributed by atoms with E-state index in [1.807, 2.05) is 44.5 Å². The summed E-state index contributed by atoms with van der Waals surface area (Å²) in [7, 11) is 1.35. The Morgan fingerprint density at radius 3 is 2.42 bits per heavy atom. The fourth-order valence-corrected chi connectivity index (χ4v) is 4.49. The molecule has 3 aromatic heterocycles. The first kappa shape index (κ1) is 34.8. The fourth-order valence-electron chi connectivity index (χ4n) is 4.13.